The number of hydrogen-bond donors (Lipinski definition) is 2. The van der Waals surface area contributed by atoms with Gasteiger partial charge in [0.05, 0.1) is 0 Å². The molecule has 21 heavy (non-hydrogen) atoms. The van der Waals surface area contributed by atoms with Crippen LogP contribution in [-0.4, -0.2) is 56.8 Å². The molecule has 0 radical (unpaired) electrons. The number of thioether (sulfide) groups is 1. The second kappa shape index (κ2) is 6.13. The number of carbonyl (C=O) groups is 3. The van der Waals surface area contributed by atoms with Gasteiger partial charge in [-0.2, -0.15) is 0 Å². The Hall–Kier alpha value is -1.44. The summed E-state index contributed by atoms with van der Waals surface area (Å²) in [5.74, 6) is -0.0102. The van der Waals surface area contributed by atoms with Crippen molar-refractivity contribution in [2.24, 2.45) is 0 Å². The van der Waals surface area contributed by atoms with E-state index in [2.05, 4.69) is 19.2 Å². The Morgan fingerprint density at radius 2 is 2.05 bits per heavy atom. The first-order valence-corrected chi connectivity index (χ1v) is 7.44. The molecule has 2 heterocycles. The second-order valence-electron chi connectivity index (χ2n) is 6.46. The van der Waals surface area contributed by atoms with Crippen molar-refractivity contribution in [3.8, 4) is 0 Å². The molecule has 0 spiro atoms. The van der Waals surface area contributed by atoms with E-state index in [1.54, 1.807) is 32.5 Å². The fourth-order valence-corrected chi connectivity index (χ4v) is 3.66. The predicted octanol–water partition coefficient (Wildman–Crippen LogP) is 1.27. The molecule has 2 saturated heterocycles. The lowest BCUT2D eigenvalue weighted by atomic mass is 10.1. The molecule has 8 heteroatoms. The van der Waals surface area contributed by atoms with Crippen molar-refractivity contribution in [3.05, 3.63) is 0 Å². The highest BCUT2D eigenvalue weighted by atomic mass is 32.2. The van der Waals surface area contributed by atoms with Crippen LogP contribution in [0, 0.1) is 0 Å². The molecule has 0 aliphatic carbocycles. The second-order valence-corrected chi connectivity index (χ2v) is 8.29. The Morgan fingerprint density at radius 3 is 2.52 bits per heavy atom. The van der Waals surface area contributed by atoms with Gasteiger partial charge in [0, 0.05) is 11.3 Å². The van der Waals surface area contributed by atoms with E-state index in [-0.39, 0.29) is 22.5 Å². The minimum atomic E-state index is -0.543. The van der Waals surface area contributed by atoms with Gasteiger partial charge in [0.2, 0.25) is 5.91 Å². The molecule has 2 rings (SSSR count). The lowest BCUT2D eigenvalue weighted by molar-refractivity contribution is -0.145. The Balaban J connectivity index is 0.000000677. The number of nitrogens with zero attached hydrogens (tertiary/aromatic N) is 1. The molecule has 0 aromatic carbocycles. The lowest BCUT2D eigenvalue weighted by Gasteiger charge is -2.41. The molecule has 2 aliphatic heterocycles. The van der Waals surface area contributed by atoms with Crippen LogP contribution in [-0.2, 0) is 14.3 Å². The Kier molecular flexibility index (Phi) is 5.14. The third kappa shape index (κ3) is 4.52. The van der Waals surface area contributed by atoms with Gasteiger partial charge >= 0.3 is 6.09 Å². The summed E-state index contributed by atoms with van der Waals surface area (Å²) in [6.45, 7) is 10.1. The fourth-order valence-electron chi connectivity index (χ4n) is 2.17. The van der Waals surface area contributed by atoms with Gasteiger partial charge in [-0.25, -0.2) is 4.79 Å². The molecule has 2 aliphatic rings. The highest BCUT2D eigenvalue weighted by molar-refractivity contribution is 8.01. The summed E-state index contributed by atoms with van der Waals surface area (Å²) < 4.78 is 5.22. The van der Waals surface area contributed by atoms with E-state index in [0.29, 0.717) is 0 Å². The molecule has 0 aromatic heterocycles. The van der Waals surface area contributed by atoms with Crippen molar-refractivity contribution in [1.29, 1.82) is 0 Å². The first-order chi connectivity index (χ1) is 9.50. The average Bonchev–Trinajstić information content (AvgIpc) is 2.58. The SMILES string of the molecule is CC(C)(C)OC(=O)NC1C(=O)N2CC(C)(C)SC12.O=CO. The minimum absolute atomic E-state index is 0.0102. The van der Waals surface area contributed by atoms with Crippen LogP contribution in [0.2, 0.25) is 0 Å². The molecule has 7 nitrogen and oxygen atoms in total. The van der Waals surface area contributed by atoms with E-state index in [1.807, 2.05) is 4.90 Å². The third-order valence-corrected chi connectivity index (χ3v) is 4.34. The number of rotatable bonds is 1. The van der Waals surface area contributed by atoms with Crippen LogP contribution in [0.25, 0.3) is 0 Å². The quantitative estimate of drug-likeness (QED) is 0.558. The highest BCUT2D eigenvalue weighted by Gasteiger charge is 2.56. The molecule has 0 saturated carbocycles. The Morgan fingerprint density at radius 1 is 1.52 bits per heavy atom. The summed E-state index contributed by atoms with van der Waals surface area (Å²) in [6.07, 6.45) is -0.522. The maximum atomic E-state index is 11.9. The molecule has 0 bridgehead atoms. The molecule has 2 fully saturated rings. The van der Waals surface area contributed by atoms with Crippen molar-refractivity contribution in [3.63, 3.8) is 0 Å². The fraction of sp³-hybridized carbons (Fsp3) is 0.769. The van der Waals surface area contributed by atoms with Crippen LogP contribution in [0.1, 0.15) is 34.6 Å². The zero-order chi connectivity index (χ0) is 16.4. The summed E-state index contributed by atoms with van der Waals surface area (Å²) in [6, 6.07) is -0.438. The van der Waals surface area contributed by atoms with Crippen LogP contribution in [0.15, 0.2) is 0 Å². The topological polar surface area (TPSA) is 95.9 Å². The maximum absolute atomic E-state index is 11.9. The lowest BCUT2D eigenvalue weighted by Crippen LogP contribution is -2.67. The van der Waals surface area contributed by atoms with E-state index in [9.17, 15) is 9.59 Å². The standard InChI is InChI=1S/C12H20N2O3S.CH2O2/c1-11(2,3)17-10(16)13-7-8(15)14-6-12(4,5)18-9(7)14;2-1-3/h7,9H,6H2,1-5H3,(H,13,16);1H,(H,2,3). The molecule has 2 N–H and O–H groups in total. The number of carbonyl (C=O) groups excluding carboxylic acids is 2. The molecular formula is C13H22N2O5S. The van der Waals surface area contributed by atoms with Crippen LogP contribution >= 0.6 is 11.8 Å². The van der Waals surface area contributed by atoms with Gasteiger partial charge < -0.3 is 20.1 Å². The minimum Gasteiger partial charge on any atom is -0.483 e. The summed E-state index contributed by atoms with van der Waals surface area (Å²) in [4.78, 5) is 33.7. The largest absolute Gasteiger partial charge is 0.483 e. The molecule has 2 atom stereocenters. The van der Waals surface area contributed by atoms with Crippen molar-refractivity contribution in [2.45, 2.75) is 56.4 Å². The maximum Gasteiger partial charge on any atom is 0.408 e. The Bertz CT molecular complexity index is 433. The number of amides is 2. The number of nitrogens with one attached hydrogen (secondary N) is 1. The number of alkyl carbamates (subject to hydrolysis) is 1. The molecule has 120 valence electrons. The zero-order valence-electron chi connectivity index (χ0n) is 12.9. The smallest absolute Gasteiger partial charge is 0.408 e. The van der Waals surface area contributed by atoms with E-state index < -0.39 is 17.7 Å². The summed E-state index contributed by atoms with van der Waals surface area (Å²) in [7, 11) is 0. The van der Waals surface area contributed by atoms with Crippen LogP contribution < -0.4 is 5.32 Å². The van der Waals surface area contributed by atoms with E-state index in [4.69, 9.17) is 14.6 Å². The van der Waals surface area contributed by atoms with E-state index in [1.165, 1.54) is 0 Å². The normalized spacial score (nSPS) is 26.0. The number of ether oxygens (including phenoxy) is 1. The number of fused-ring (bicyclic) bond motifs is 1. The van der Waals surface area contributed by atoms with Gasteiger partial charge in [-0.05, 0) is 34.6 Å². The van der Waals surface area contributed by atoms with Crippen LogP contribution in [0.5, 0.6) is 0 Å². The number of carboxylic acid groups (broad SMARTS) is 1. The van der Waals surface area contributed by atoms with Crippen molar-refractivity contribution in [2.75, 3.05) is 6.54 Å². The molecular weight excluding hydrogens is 296 g/mol. The summed E-state index contributed by atoms with van der Waals surface area (Å²) >= 11 is 1.72. The van der Waals surface area contributed by atoms with Gasteiger partial charge in [-0.15, -0.1) is 11.8 Å². The first kappa shape index (κ1) is 17.6. The van der Waals surface area contributed by atoms with Gasteiger partial charge in [0.1, 0.15) is 17.0 Å². The van der Waals surface area contributed by atoms with Gasteiger partial charge in [-0.1, -0.05) is 0 Å². The highest BCUT2D eigenvalue weighted by Crippen LogP contribution is 2.46. The van der Waals surface area contributed by atoms with Crippen LogP contribution in [0.4, 0.5) is 4.79 Å². The summed E-state index contributed by atoms with van der Waals surface area (Å²) in [5.41, 5.74) is -0.543. The first-order valence-electron chi connectivity index (χ1n) is 6.56. The van der Waals surface area contributed by atoms with Crippen molar-refractivity contribution < 1.29 is 24.2 Å². The van der Waals surface area contributed by atoms with E-state index in [0.717, 1.165) is 6.54 Å². The molecule has 0 aromatic rings. The van der Waals surface area contributed by atoms with Crippen molar-refractivity contribution in [1.82, 2.24) is 10.2 Å². The van der Waals surface area contributed by atoms with E-state index >= 15 is 0 Å². The van der Waals surface area contributed by atoms with Gasteiger partial charge in [-0.3, -0.25) is 9.59 Å². The molecule has 2 amide bonds. The third-order valence-electron chi connectivity index (χ3n) is 2.80. The summed E-state index contributed by atoms with van der Waals surface area (Å²) in [5, 5.41) is 9.60. The number of β-lactam (4-membered cyclic amide) rings is 1. The van der Waals surface area contributed by atoms with Crippen LogP contribution in [0.3, 0.4) is 0 Å². The number of hydrogen-bond acceptors (Lipinski definition) is 5. The zero-order valence-corrected chi connectivity index (χ0v) is 13.7. The average molecular weight is 318 g/mol. The predicted molar refractivity (Wildman–Crippen MR) is 79.0 cm³/mol. The monoisotopic (exact) mass is 318 g/mol. The molecule has 2 unspecified atom stereocenters. The van der Waals surface area contributed by atoms with Gasteiger partial charge in [0.15, 0.2) is 0 Å². The Labute approximate surface area is 128 Å². The van der Waals surface area contributed by atoms with Gasteiger partial charge in [0.25, 0.3) is 6.47 Å². The van der Waals surface area contributed by atoms with Crippen molar-refractivity contribution >= 4 is 30.2 Å².